The van der Waals surface area contributed by atoms with E-state index in [9.17, 15) is 8.78 Å². The van der Waals surface area contributed by atoms with Gasteiger partial charge in [0, 0.05) is 37.1 Å². The molecule has 2 rings (SSSR count). The lowest BCUT2D eigenvalue weighted by Crippen LogP contribution is -2.03. The molecule has 0 spiro atoms. The second-order valence-electron chi connectivity index (χ2n) is 3.91. The Bertz CT molecular complexity index is 517. The second kappa shape index (κ2) is 5.16. The number of anilines is 1. The van der Waals surface area contributed by atoms with Crippen molar-refractivity contribution in [3.05, 3.63) is 29.7 Å². The van der Waals surface area contributed by atoms with Crippen LogP contribution in [-0.2, 0) is 13.1 Å². The van der Waals surface area contributed by atoms with E-state index in [1.54, 1.807) is 0 Å². The van der Waals surface area contributed by atoms with Crippen LogP contribution in [0.15, 0.2) is 18.5 Å². The van der Waals surface area contributed by atoms with Gasteiger partial charge in [-0.15, -0.1) is 0 Å². The van der Waals surface area contributed by atoms with E-state index in [-0.39, 0.29) is 0 Å². The van der Waals surface area contributed by atoms with E-state index in [1.807, 2.05) is 24.7 Å². The lowest BCUT2D eigenvalue weighted by Gasteiger charge is -2.01. The van der Waals surface area contributed by atoms with Crippen LogP contribution in [0.4, 0.5) is 14.6 Å². The Balaban J connectivity index is 1.99. The number of hydrogen-bond donors (Lipinski definition) is 1. The fourth-order valence-corrected chi connectivity index (χ4v) is 1.62. The molecule has 0 atom stereocenters. The SMILES string of the molecule is CCn1cc(CNc2ccn(C(F)F)n2)c(C)n1. The van der Waals surface area contributed by atoms with Gasteiger partial charge in [-0.3, -0.25) is 4.68 Å². The minimum Gasteiger partial charge on any atom is -0.364 e. The van der Waals surface area contributed by atoms with E-state index in [4.69, 9.17) is 0 Å². The van der Waals surface area contributed by atoms with Gasteiger partial charge in [0.25, 0.3) is 0 Å². The first-order valence-electron chi connectivity index (χ1n) is 5.70. The van der Waals surface area contributed by atoms with Crippen molar-refractivity contribution < 1.29 is 8.78 Å². The normalized spacial score (nSPS) is 11.2. The molecule has 0 saturated carbocycles. The minimum atomic E-state index is -2.61. The molecule has 0 fully saturated rings. The van der Waals surface area contributed by atoms with Gasteiger partial charge in [-0.2, -0.15) is 19.0 Å². The predicted octanol–water partition coefficient (Wildman–Crippen LogP) is 2.42. The number of aryl methyl sites for hydroxylation is 2. The van der Waals surface area contributed by atoms with Gasteiger partial charge in [-0.1, -0.05) is 0 Å². The van der Waals surface area contributed by atoms with Crippen LogP contribution in [0.1, 0.15) is 24.7 Å². The highest BCUT2D eigenvalue weighted by molar-refractivity contribution is 5.34. The van der Waals surface area contributed by atoms with Gasteiger partial charge in [0.1, 0.15) is 5.82 Å². The lowest BCUT2D eigenvalue weighted by molar-refractivity contribution is 0.0569. The maximum absolute atomic E-state index is 12.3. The number of rotatable bonds is 5. The van der Waals surface area contributed by atoms with E-state index >= 15 is 0 Å². The van der Waals surface area contributed by atoms with E-state index in [1.165, 1.54) is 12.3 Å². The Labute approximate surface area is 103 Å². The van der Waals surface area contributed by atoms with Crippen molar-refractivity contribution in [3.8, 4) is 0 Å². The zero-order valence-corrected chi connectivity index (χ0v) is 10.3. The van der Waals surface area contributed by atoms with Gasteiger partial charge in [0.15, 0.2) is 0 Å². The zero-order valence-electron chi connectivity index (χ0n) is 10.3. The Morgan fingerprint density at radius 3 is 2.72 bits per heavy atom. The van der Waals surface area contributed by atoms with E-state index in [2.05, 4.69) is 15.5 Å². The molecule has 0 unspecified atom stereocenters. The smallest absolute Gasteiger partial charge is 0.333 e. The highest BCUT2D eigenvalue weighted by Crippen LogP contribution is 2.13. The fraction of sp³-hybridized carbons (Fsp3) is 0.455. The van der Waals surface area contributed by atoms with Crippen LogP contribution < -0.4 is 5.32 Å². The fourth-order valence-electron chi connectivity index (χ4n) is 1.62. The highest BCUT2D eigenvalue weighted by Gasteiger charge is 2.08. The molecular formula is C11H15F2N5. The molecule has 5 nitrogen and oxygen atoms in total. The van der Waals surface area contributed by atoms with Crippen molar-refractivity contribution in [2.24, 2.45) is 0 Å². The molecular weight excluding hydrogens is 240 g/mol. The Kier molecular flexibility index (Phi) is 3.59. The van der Waals surface area contributed by atoms with E-state index < -0.39 is 6.55 Å². The van der Waals surface area contributed by atoms with Crippen molar-refractivity contribution in [1.82, 2.24) is 19.6 Å². The number of hydrogen-bond acceptors (Lipinski definition) is 3. The summed E-state index contributed by atoms with van der Waals surface area (Å²) in [6.45, 7) is 2.65. The molecule has 2 aromatic rings. The number of alkyl halides is 2. The van der Waals surface area contributed by atoms with Crippen molar-refractivity contribution in [2.75, 3.05) is 5.32 Å². The average Bonchev–Trinajstić information content (AvgIpc) is 2.93. The number of halogens is 2. The maximum Gasteiger partial charge on any atom is 0.333 e. The minimum absolute atomic E-state index is 0.430. The molecule has 0 aromatic carbocycles. The van der Waals surface area contributed by atoms with Gasteiger partial charge in [0.05, 0.1) is 5.69 Å². The molecule has 0 aliphatic rings. The van der Waals surface area contributed by atoms with Crippen molar-refractivity contribution >= 4 is 5.82 Å². The van der Waals surface area contributed by atoms with Crippen molar-refractivity contribution in [3.63, 3.8) is 0 Å². The summed E-state index contributed by atoms with van der Waals surface area (Å²) in [6, 6.07) is 1.52. The third kappa shape index (κ3) is 2.66. The molecule has 7 heteroatoms. The summed E-state index contributed by atoms with van der Waals surface area (Å²) >= 11 is 0. The molecule has 0 saturated heterocycles. The first kappa shape index (κ1) is 12.5. The standard InChI is InChI=1S/C11H15F2N5/c1-3-17-7-9(8(2)15-17)6-14-10-4-5-18(16-10)11(12)13/h4-5,7,11H,3,6H2,1-2H3,(H,14,16). The summed E-state index contributed by atoms with van der Waals surface area (Å²) in [6.07, 6.45) is 3.18. The van der Waals surface area contributed by atoms with Gasteiger partial charge < -0.3 is 5.32 Å². The first-order valence-corrected chi connectivity index (χ1v) is 5.70. The monoisotopic (exact) mass is 255 g/mol. The Hall–Kier alpha value is -1.92. The molecule has 0 aliphatic carbocycles. The van der Waals surface area contributed by atoms with Gasteiger partial charge >= 0.3 is 6.55 Å². The molecule has 0 bridgehead atoms. The Morgan fingerprint density at radius 2 is 2.17 bits per heavy atom. The second-order valence-corrected chi connectivity index (χ2v) is 3.91. The number of aromatic nitrogens is 4. The van der Waals surface area contributed by atoms with E-state index in [0.29, 0.717) is 17.0 Å². The number of nitrogens with one attached hydrogen (secondary N) is 1. The van der Waals surface area contributed by atoms with Crippen LogP contribution in [0.5, 0.6) is 0 Å². The van der Waals surface area contributed by atoms with Crippen LogP contribution in [0, 0.1) is 6.92 Å². The van der Waals surface area contributed by atoms with Crippen LogP contribution in [0.2, 0.25) is 0 Å². The van der Waals surface area contributed by atoms with Crippen LogP contribution in [-0.4, -0.2) is 19.6 Å². The summed E-state index contributed by atoms with van der Waals surface area (Å²) < 4.78 is 27.1. The number of nitrogens with zero attached hydrogens (tertiary/aromatic N) is 4. The topological polar surface area (TPSA) is 47.7 Å². The summed E-state index contributed by atoms with van der Waals surface area (Å²) in [5.74, 6) is 0.430. The molecule has 2 aromatic heterocycles. The third-order valence-electron chi connectivity index (χ3n) is 2.64. The van der Waals surface area contributed by atoms with Crippen LogP contribution in [0.25, 0.3) is 0 Å². The molecule has 98 valence electrons. The molecule has 18 heavy (non-hydrogen) atoms. The molecule has 0 aliphatic heterocycles. The van der Waals surface area contributed by atoms with Crippen LogP contribution >= 0.6 is 0 Å². The van der Waals surface area contributed by atoms with Crippen molar-refractivity contribution in [1.29, 1.82) is 0 Å². The van der Waals surface area contributed by atoms with Crippen molar-refractivity contribution in [2.45, 2.75) is 33.5 Å². The van der Waals surface area contributed by atoms with Gasteiger partial charge in [-0.25, -0.2) is 4.68 Å². The maximum atomic E-state index is 12.3. The molecule has 0 radical (unpaired) electrons. The van der Waals surface area contributed by atoms with Gasteiger partial charge in [0.2, 0.25) is 0 Å². The summed E-state index contributed by atoms with van der Waals surface area (Å²) in [5, 5.41) is 11.0. The quantitative estimate of drug-likeness (QED) is 0.892. The highest BCUT2D eigenvalue weighted by atomic mass is 19.3. The summed E-state index contributed by atoms with van der Waals surface area (Å²) in [4.78, 5) is 0. The van der Waals surface area contributed by atoms with Crippen LogP contribution in [0.3, 0.4) is 0 Å². The third-order valence-corrected chi connectivity index (χ3v) is 2.64. The largest absolute Gasteiger partial charge is 0.364 e. The Morgan fingerprint density at radius 1 is 1.39 bits per heavy atom. The molecule has 2 heterocycles. The molecule has 1 N–H and O–H groups in total. The summed E-state index contributed by atoms with van der Waals surface area (Å²) in [7, 11) is 0. The lowest BCUT2D eigenvalue weighted by atomic mass is 10.2. The average molecular weight is 255 g/mol. The summed E-state index contributed by atoms with van der Waals surface area (Å²) in [5.41, 5.74) is 1.96. The zero-order chi connectivity index (χ0) is 13.1. The van der Waals surface area contributed by atoms with Gasteiger partial charge in [-0.05, 0) is 13.8 Å². The first-order chi connectivity index (χ1) is 8.60. The van der Waals surface area contributed by atoms with E-state index in [0.717, 1.165) is 17.8 Å². The molecule has 0 amide bonds. The predicted molar refractivity (Wildman–Crippen MR) is 63.4 cm³/mol.